The first-order chi connectivity index (χ1) is 27.5. The smallest absolute Gasteiger partial charge is 0.203 e. The lowest BCUT2D eigenvalue weighted by Gasteiger charge is -2.26. The van der Waals surface area contributed by atoms with Crippen molar-refractivity contribution in [1.82, 2.24) is 0 Å². The molecule has 4 aromatic rings. The maximum Gasteiger partial charge on any atom is 0.203 e. The van der Waals surface area contributed by atoms with Crippen LogP contribution in [0.25, 0.3) is 12.2 Å². The van der Waals surface area contributed by atoms with Gasteiger partial charge in [0, 0.05) is 35.4 Å². The van der Waals surface area contributed by atoms with E-state index in [9.17, 15) is 0 Å². The van der Waals surface area contributed by atoms with Gasteiger partial charge in [0.25, 0.3) is 0 Å². The molecule has 0 heterocycles. The molecule has 0 fully saturated rings. The van der Waals surface area contributed by atoms with Crippen LogP contribution in [0.1, 0.15) is 32.8 Å². The Morgan fingerprint density at radius 3 is 0.930 bits per heavy atom. The summed E-state index contributed by atoms with van der Waals surface area (Å²) in [7, 11) is 13.1. The van der Waals surface area contributed by atoms with Crippen molar-refractivity contribution in [3.63, 3.8) is 0 Å². The summed E-state index contributed by atoms with van der Waals surface area (Å²) in [6.07, 6.45) is 6.26. The summed E-state index contributed by atoms with van der Waals surface area (Å²) in [5, 5.41) is -2.90. The molecule has 2 atom stereocenters. The number of ether oxygens (including phenoxy) is 12. The van der Waals surface area contributed by atoms with Crippen LogP contribution in [0.2, 0.25) is 0 Å². The normalized spacial score (nSPS) is 12.4. The van der Waals surface area contributed by atoms with E-state index < -0.39 is 20.3 Å². The molecule has 0 bridgehead atoms. The second kappa shape index (κ2) is 19.7. The second-order valence-corrected chi connectivity index (χ2v) is 14.1. The van der Waals surface area contributed by atoms with Crippen LogP contribution >= 0.6 is 0 Å². The van der Waals surface area contributed by atoms with Crippen molar-refractivity contribution in [2.45, 2.75) is 10.5 Å². The van der Waals surface area contributed by atoms with Gasteiger partial charge < -0.3 is 56.8 Å². The third-order valence-electron chi connectivity index (χ3n) is 9.17. The molecule has 0 N–H and O–H groups in total. The van der Waals surface area contributed by atoms with Crippen LogP contribution in [-0.4, -0.2) is 93.7 Å². The third-order valence-corrected chi connectivity index (χ3v) is 11.4. The SMILES string of the molecule is COc1cc(OC)c(C=CC(c2ccc(OC)c(OC)c2OC)S(=O)(=O)C(C=Cc2c(OC)cc(OC)cc2OC)c2ccc(OC)c(OC)c2OC)c(OC)c1. The summed E-state index contributed by atoms with van der Waals surface area (Å²) >= 11 is 0. The second-order valence-electron chi connectivity index (χ2n) is 11.9. The minimum Gasteiger partial charge on any atom is -0.496 e. The summed E-state index contributed by atoms with van der Waals surface area (Å²) in [6.45, 7) is 0. The summed E-state index contributed by atoms with van der Waals surface area (Å²) in [5.74, 6) is 3.72. The fourth-order valence-corrected chi connectivity index (χ4v) is 8.39. The third kappa shape index (κ3) is 8.83. The summed E-state index contributed by atoms with van der Waals surface area (Å²) in [4.78, 5) is 0. The van der Waals surface area contributed by atoms with Crippen LogP contribution < -0.4 is 56.8 Å². The number of hydrogen-bond donors (Lipinski definition) is 0. The minimum atomic E-state index is -4.51. The van der Waals surface area contributed by atoms with E-state index in [0.717, 1.165) is 0 Å². The molecule has 0 amide bonds. The first-order valence-electron chi connectivity index (χ1n) is 17.3. The maximum atomic E-state index is 15.8. The molecular formula is C42H50O14S. The van der Waals surface area contributed by atoms with Crippen molar-refractivity contribution in [2.24, 2.45) is 0 Å². The van der Waals surface area contributed by atoms with Gasteiger partial charge in [-0.05, 0) is 36.4 Å². The average Bonchev–Trinajstić information content (AvgIpc) is 3.24. The lowest BCUT2D eigenvalue weighted by Crippen LogP contribution is -2.20. The quantitative estimate of drug-likeness (QED) is 0.0873. The topological polar surface area (TPSA) is 145 Å². The first kappa shape index (κ1) is 43.6. The zero-order valence-electron chi connectivity index (χ0n) is 34.2. The van der Waals surface area contributed by atoms with Gasteiger partial charge in [0.2, 0.25) is 11.5 Å². The van der Waals surface area contributed by atoms with Gasteiger partial charge >= 0.3 is 0 Å². The van der Waals surface area contributed by atoms with Crippen LogP contribution in [0.3, 0.4) is 0 Å². The highest BCUT2D eigenvalue weighted by Gasteiger charge is 2.39. The molecule has 15 heteroatoms. The molecule has 0 saturated carbocycles. The molecule has 4 aromatic carbocycles. The van der Waals surface area contributed by atoms with Crippen molar-refractivity contribution in [3.05, 3.63) is 82.9 Å². The number of rotatable bonds is 20. The van der Waals surface area contributed by atoms with Crippen molar-refractivity contribution in [2.75, 3.05) is 85.3 Å². The van der Waals surface area contributed by atoms with Crippen LogP contribution in [0, 0.1) is 0 Å². The van der Waals surface area contributed by atoms with E-state index in [2.05, 4.69) is 0 Å². The lowest BCUT2D eigenvalue weighted by atomic mass is 10.1. The molecule has 0 aliphatic rings. The minimum absolute atomic E-state index is 0.129. The summed E-state index contributed by atoms with van der Waals surface area (Å²) in [6, 6.07) is 13.1. The standard InChI is InChI=1S/C42H50O14S/c1-45-25-21-33(49-5)27(34(22-25)50-6)15-19-37(29-13-17-31(47-3)41(55-11)39(29)53-9)57(43,44)38(30-14-18-32(48-4)42(56-12)40(30)54-10)20-16-28-35(51-7)23-26(46-2)24-36(28)52-8/h13-24,37-38H,1-12H3. The molecule has 0 aliphatic heterocycles. The zero-order valence-corrected chi connectivity index (χ0v) is 35.0. The van der Waals surface area contributed by atoms with E-state index in [1.54, 1.807) is 60.7 Å². The van der Waals surface area contributed by atoms with E-state index in [1.165, 1.54) is 97.5 Å². The highest BCUT2D eigenvalue weighted by molar-refractivity contribution is 7.92. The summed E-state index contributed by atoms with van der Waals surface area (Å²) < 4.78 is 99.6. The van der Waals surface area contributed by atoms with Crippen LogP contribution in [0.4, 0.5) is 0 Å². The molecule has 0 saturated heterocycles. The average molecular weight is 811 g/mol. The van der Waals surface area contributed by atoms with Crippen molar-refractivity contribution < 1.29 is 65.3 Å². The summed E-state index contributed by atoms with van der Waals surface area (Å²) in [5.41, 5.74) is 1.36. The van der Waals surface area contributed by atoms with Gasteiger partial charge in [0.15, 0.2) is 32.8 Å². The van der Waals surface area contributed by atoms with E-state index >= 15 is 8.42 Å². The maximum absolute atomic E-state index is 15.8. The van der Waals surface area contributed by atoms with Gasteiger partial charge in [-0.3, -0.25) is 0 Å². The fraction of sp³-hybridized carbons (Fsp3) is 0.333. The molecule has 14 nitrogen and oxygen atoms in total. The Hall–Kier alpha value is -6.09. The first-order valence-corrected chi connectivity index (χ1v) is 18.9. The van der Waals surface area contributed by atoms with Gasteiger partial charge in [-0.15, -0.1) is 0 Å². The van der Waals surface area contributed by atoms with E-state index in [-0.39, 0.29) is 34.1 Å². The van der Waals surface area contributed by atoms with Gasteiger partial charge in [-0.2, -0.15) is 0 Å². The number of methoxy groups -OCH3 is 12. The molecule has 0 spiro atoms. The highest BCUT2D eigenvalue weighted by atomic mass is 32.2. The number of hydrogen-bond acceptors (Lipinski definition) is 14. The predicted octanol–water partition coefficient (Wildman–Crippen LogP) is 7.41. The van der Waals surface area contributed by atoms with Gasteiger partial charge in [0.1, 0.15) is 45.0 Å². The van der Waals surface area contributed by atoms with Crippen molar-refractivity contribution in [1.29, 1.82) is 0 Å². The number of benzene rings is 4. The van der Waals surface area contributed by atoms with Crippen LogP contribution in [-0.2, 0) is 9.84 Å². The molecule has 2 unspecified atom stereocenters. The van der Waals surface area contributed by atoms with Gasteiger partial charge in [-0.25, -0.2) is 8.42 Å². The van der Waals surface area contributed by atoms with E-state index in [1.807, 2.05) is 0 Å². The van der Waals surface area contributed by atoms with Crippen molar-refractivity contribution in [3.8, 4) is 69.0 Å². The van der Waals surface area contributed by atoms with E-state index in [0.29, 0.717) is 57.1 Å². The Balaban J connectivity index is 2.16. The molecule has 0 aromatic heterocycles. The van der Waals surface area contributed by atoms with Crippen LogP contribution in [0.15, 0.2) is 60.7 Å². The zero-order chi connectivity index (χ0) is 41.9. The molecule has 57 heavy (non-hydrogen) atoms. The molecule has 308 valence electrons. The van der Waals surface area contributed by atoms with Gasteiger partial charge in [0.05, 0.1) is 96.4 Å². The van der Waals surface area contributed by atoms with Crippen LogP contribution in [0.5, 0.6) is 69.0 Å². The Morgan fingerprint density at radius 2 is 0.684 bits per heavy atom. The molecule has 4 rings (SSSR count). The predicted molar refractivity (Wildman–Crippen MR) is 217 cm³/mol. The number of sulfone groups is 1. The fourth-order valence-electron chi connectivity index (χ4n) is 6.40. The Kier molecular flexibility index (Phi) is 15.1. The monoisotopic (exact) mass is 810 g/mol. The largest absolute Gasteiger partial charge is 0.496 e. The Morgan fingerprint density at radius 1 is 0.386 bits per heavy atom. The molecule has 0 radical (unpaired) electrons. The van der Waals surface area contributed by atoms with Gasteiger partial charge in [-0.1, -0.05) is 12.2 Å². The lowest BCUT2D eigenvalue weighted by molar-refractivity contribution is 0.322. The highest BCUT2D eigenvalue weighted by Crippen LogP contribution is 2.51. The van der Waals surface area contributed by atoms with E-state index in [4.69, 9.17) is 56.8 Å². The Bertz CT molecular complexity index is 1980. The molecule has 0 aliphatic carbocycles. The molecular weight excluding hydrogens is 761 g/mol. The van der Waals surface area contributed by atoms with Crippen molar-refractivity contribution >= 4 is 22.0 Å². The Labute approximate surface area is 334 Å².